The van der Waals surface area contributed by atoms with E-state index in [0.29, 0.717) is 22.3 Å². The van der Waals surface area contributed by atoms with Gasteiger partial charge in [-0.25, -0.2) is 14.3 Å². The van der Waals surface area contributed by atoms with Gasteiger partial charge in [-0.3, -0.25) is 4.79 Å². The lowest BCUT2D eigenvalue weighted by molar-refractivity contribution is -0.137. The molecule has 29 heavy (non-hydrogen) atoms. The molecule has 0 aliphatic carbocycles. The van der Waals surface area contributed by atoms with Crippen LogP contribution in [-0.2, 0) is 15.3 Å². The van der Waals surface area contributed by atoms with Gasteiger partial charge in [0.2, 0.25) is 5.16 Å². The number of aryl methyl sites for hydroxylation is 2. The minimum absolute atomic E-state index is 0.266. The molecule has 0 N–H and O–H groups in total. The molecule has 3 aromatic rings. The highest BCUT2D eigenvalue weighted by atomic mass is 32.2. The van der Waals surface area contributed by atoms with Crippen molar-refractivity contribution in [1.29, 1.82) is 0 Å². The monoisotopic (exact) mass is 413 g/mol. The number of esters is 1. The van der Waals surface area contributed by atoms with E-state index in [2.05, 4.69) is 15.1 Å². The molecule has 9 heteroatoms. The SMILES string of the molecule is Cc1cc(C)n2nc(SCc3ccccc3C(=O)O[C@H](C)C(=O)N(C)C)nc2n1. The lowest BCUT2D eigenvalue weighted by Gasteiger charge is -2.18. The van der Waals surface area contributed by atoms with Gasteiger partial charge in [-0.2, -0.15) is 4.98 Å². The largest absolute Gasteiger partial charge is 0.449 e. The number of rotatable bonds is 6. The summed E-state index contributed by atoms with van der Waals surface area (Å²) >= 11 is 1.41. The van der Waals surface area contributed by atoms with Gasteiger partial charge in [0.1, 0.15) is 0 Å². The van der Waals surface area contributed by atoms with Crippen molar-refractivity contribution in [2.24, 2.45) is 0 Å². The van der Waals surface area contributed by atoms with E-state index in [1.807, 2.05) is 32.0 Å². The predicted molar refractivity (Wildman–Crippen MR) is 110 cm³/mol. The summed E-state index contributed by atoms with van der Waals surface area (Å²) in [5.74, 6) is 0.238. The molecular formula is C20H23N5O3S. The molecule has 2 heterocycles. The maximum absolute atomic E-state index is 12.6. The van der Waals surface area contributed by atoms with Crippen LogP contribution < -0.4 is 0 Å². The van der Waals surface area contributed by atoms with Crippen LogP contribution in [0, 0.1) is 13.8 Å². The molecular weight excluding hydrogens is 390 g/mol. The smallest absolute Gasteiger partial charge is 0.339 e. The number of fused-ring (bicyclic) bond motifs is 1. The van der Waals surface area contributed by atoms with Gasteiger partial charge in [-0.15, -0.1) is 5.10 Å². The number of nitrogens with zero attached hydrogens (tertiary/aromatic N) is 5. The van der Waals surface area contributed by atoms with Crippen molar-refractivity contribution in [3.05, 3.63) is 52.8 Å². The number of amides is 1. The number of carbonyl (C=O) groups excluding carboxylic acids is 2. The molecule has 1 atom stereocenters. The molecule has 3 rings (SSSR count). The third-order valence-corrected chi connectivity index (χ3v) is 5.15. The predicted octanol–water partition coefficient (Wildman–Crippen LogP) is 2.67. The first-order valence-corrected chi connectivity index (χ1v) is 10.1. The van der Waals surface area contributed by atoms with E-state index in [1.165, 1.54) is 16.7 Å². The number of ether oxygens (including phenoxy) is 1. The molecule has 0 saturated carbocycles. The van der Waals surface area contributed by atoms with Gasteiger partial charge in [-0.1, -0.05) is 30.0 Å². The highest BCUT2D eigenvalue weighted by Gasteiger charge is 2.22. The second-order valence-corrected chi connectivity index (χ2v) is 7.81. The summed E-state index contributed by atoms with van der Waals surface area (Å²) in [4.78, 5) is 34.8. The Bertz CT molecular complexity index is 1060. The Labute approximate surface area is 173 Å². The highest BCUT2D eigenvalue weighted by molar-refractivity contribution is 7.98. The second kappa shape index (κ2) is 8.60. The molecule has 0 spiro atoms. The molecule has 0 saturated heterocycles. The Kier molecular flexibility index (Phi) is 6.17. The van der Waals surface area contributed by atoms with Crippen molar-refractivity contribution in [3.63, 3.8) is 0 Å². The van der Waals surface area contributed by atoms with E-state index in [9.17, 15) is 9.59 Å². The second-order valence-electron chi connectivity index (χ2n) is 6.87. The van der Waals surface area contributed by atoms with Crippen molar-refractivity contribution < 1.29 is 14.3 Å². The van der Waals surface area contributed by atoms with Crippen molar-refractivity contribution >= 4 is 29.4 Å². The van der Waals surface area contributed by atoms with E-state index in [-0.39, 0.29) is 5.91 Å². The number of benzene rings is 1. The van der Waals surface area contributed by atoms with Crippen LogP contribution in [0.3, 0.4) is 0 Å². The topological polar surface area (TPSA) is 89.7 Å². The van der Waals surface area contributed by atoms with Gasteiger partial charge in [0.25, 0.3) is 11.7 Å². The van der Waals surface area contributed by atoms with Crippen LogP contribution in [0.1, 0.15) is 34.2 Å². The zero-order chi connectivity index (χ0) is 21.1. The number of thioether (sulfide) groups is 1. The fourth-order valence-corrected chi connectivity index (χ4v) is 3.66. The molecule has 8 nitrogen and oxygen atoms in total. The average molecular weight is 414 g/mol. The van der Waals surface area contributed by atoms with E-state index in [0.717, 1.165) is 17.0 Å². The normalized spacial score (nSPS) is 12.0. The number of carbonyl (C=O) groups is 2. The quantitative estimate of drug-likeness (QED) is 0.453. The summed E-state index contributed by atoms with van der Waals surface area (Å²) in [7, 11) is 3.24. The Morgan fingerprint density at radius 1 is 1.21 bits per heavy atom. The van der Waals surface area contributed by atoms with E-state index < -0.39 is 12.1 Å². The molecule has 2 aromatic heterocycles. The van der Waals surface area contributed by atoms with Crippen molar-refractivity contribution in [2.45, 2.75) is 37.8 Å². The molecule has 0 radical (unpaired) electrons. The number of hydrogen-bond acceptors (Lipinski definition) is 7. The van der Waals surface area contributed by atoms with Gasteiger partial charge < -0.3 is 9.64 Å². The first-order chi connectivity index (χ1) is 13.8. The summed E-state index contributed by atoms with van der Waals surface area (Å²) in [6.07, 6.45) is -0.851. The van der Waals surface area contributed by atoms with Crippen molar-refractivity contribution in [1.82, 2.24) is 24.5 Å². The Morgan fingerprint density at radius 3 is 2.66 bits per heavy atom. The first-order valence-electron chi connectivity index (χ1n) is 9.10. The maximum atomic E-state index is 12.6. The Morgan fingerprint density at radius 2 is 1.93 bits per heavy atom. The van der Waals surface area contributed by atoms with Crippen LogP contribution in [0.25, 0.3) is 5.78 Å². The van der Waals surface area contributed by atoms with Gasteiger partial charge in [0, 0.05) is 31.2 Å². The molecule has 0 aliphatic rings. The van der Waals surface area contributed by atoms with Crippen LogP contribution in [0.15, 0.2) is 35.5 Å². The van der Waals surface area contributed by atoms with Gasteiger partial charge in [-0.05, 0) is 38.5 Å². The number of likely N-dealkylation sites (N-methyl/N-ethyl adjacent to an activating group) is 1. The molecule has 0 fully saturated rings. The molecule has 0 unspecified atom stereocenters. The third-order valence-electron chi connectivity index (χ3n) is 4.27. The van der Waals surface area contributed by atoms with Crippen LogP contribution in [0.2, 0.25) is 0 Å². The van der Waals surface area contributed by atoms with Crippen molar-refractivity contribution in [2.75, 3.05) is 14.1 Å². The van der Waals surface area contributed by atoms with Gasteiger partial charge >= 0.3 is 5.97 Å². The molecule has 0 bridgehead atoms. The lowest BCUT2D eigenvalue weighted by Crippen LogP contribution is -2.35. The fourth-order valence-electron chi connectivity index (χ4n) is 2.83. The minimum atomic E-state index is -0.851. The van der Waals surface area contributed by atoms with Crippen LogP contribution in [0.5, 0.6) is 0 Å². The van der Waals surface area contributed by atoms with Crippen molar-refractivity contribution in [3.8, 4) is 0 Å². The fraction of sp³-hybridized carbons (Fsp3) is 0.350. The number of hydrogen-bond donors (Lipinski definition) is 0. The Balaban J connectivity index is 1.75. The highest BCUT2D eigenvalue weighted by Crippen LogP contribution is 2.23. The summed E-state index contributed by atoms with van der Waals surface area (Å²) in [5, 5.41) is 5.05. The zero-order valence-corrected chi connectivity index (χ0v) is 17.9. The molecule has 1 amide bonds. The molecule has 1 aromatic carbocycles. The maximum Gasteiger partial charge on any atom is 0.339 e. The van der Waals surface area contributed by atoms with Gasteiger partial charge in [0.05, 0.1) is 5.56 Å². The standard InChI is InChI=1S/C20H23N5O3S/c1-12-10-13(2)25-19(21-12)22-20(23-25)29-11-15-8-6-7-9-16(15)18(27)28-14(3)17(26)24(4)5/h6-10,14H,11H2,1-5H3/t14-/m1/s1. The van der Waals surface area contributed by atoms with E-state index in [1.54, 1.807) is 37.7 Å². The zero-order valence-electron chi connectivity index (χ0n) is 17.0. The Hall–Kier alpha value is -2.94. The summed E-state index contributed by atoms with van der Waals surface area (Å²) in [6, 6.07) is 9.11. The molecule has 152 valence electrons. The lowest BCUT2D eigenvalue weighted by atomic mass is 10.1. The third kappa shape index (κ3) is 4.73. The van der Waals surface area contributed by atoms with E-state index in [4.69, 9.17) is 4.74 Å². The molecule has 0 aliphatic heterocycles. The summed E-state index contributed by atoms with van der Waals surface area (Å²) in [6.45, 7) is 5.43. The van der Waals surface area contributed by atoms with Gasteiger partial charge in [0.15, 0.2) is 6.10 Å². The van der Waals surface area contributed by atoms with Crippen LogP contribution >= 0.6 is 11.8 Å². The van der Waals surface area contributed by atoms with E-state index >= 15 is 0 Å². The minimum Gasteiger partial charge on any atom is -0.449 e. The number of aromatic nitrogens is 4. The van der Waals surface area contributed by atoms with Crippen LogP contribution in [0.4, 0.5) is 0 Å². The first kappa shape index (κ1) is 20.8. The summed E-state index contributed by atoms with van der Waals surface area (Å²) in [5.41, 5.74) is 3.04. The summed E-state index contributed by atoms with van der Waals surface area (Å²) < 4.78 is 7.04. The average Bonchev–Trinajstić information content (AvgIpc) is 3.09. The van der Waals surface area contributed by atoms with Crippen LogP contribution in [-0.4, -0.2) is 56.6 Å².